The van der Waals surface area contributed by atoms with Crippen LogP contribution < -0.4 is 0 Å². The standard InChI is InChI=1S/C23H33ClO5/c1-15(7-6-8-16(2)14-29-20-9-4-5-12-28-20)10-11-18-22(26)19(13-25)17(3)21(24)23(18)27/h8,10,13,17,19-20,26-27H,4-7,9,11-12,14H2,1-3H3/b15-10+,16-8+. The molecule has 1 heterocycles. The summed E-state index contributed by atoms with van der Waals surface area (Å²) in [5, 5.41) is 20.8. The van der Waals surface area contributed by atoms with Crippen molar-refractivity contribution >= 4 is 17.9 Å². The number of aldehydes is 1. The minimum absolute atomic E-state index is 0.0735. The van der Waals surface area contributed by atoms with Crippen molar-refractivity contribution in [2.45, 2.75) is 65.6 Å². The molecule has 0 radical (unpaired) electrons. The number of halogens is 1. The van der Waals surface area contributed by atoms with Crippen LogP contribution >= 0.6 is 11.6 Å². The van der Waals surface area contributed by atoms with E-state index >= 15 is 0 Å². The van der Waals surface area contributed by atoms with Crippen LogP contribution in [0.3, 0.4) is 0 Å². The first-order chi connectivity index (χ1) is 13.8. The fourth-order valence-electron chi connectivity index (χ4n) is 3.51. The molecule has 5 nitrogen and oxygen atoms in total. The Balaban J connectivity index is 1.84. The predicted octanol–water partition coefficient (Wildman–Crippen LogP) is 5.88. The third-order valence-electron chi connectivity index (χ3n) is 5.54. The molecule has 3 atom stereocenters. The molecular formula is C23H33ClO5. The number of hydrogen-bond donors (Lipinski definition) is 2. The van der Waals surface area contributed by atoms with Gasteiger partial charge >= 0.3 is 0 Å². The molecule has 2 rings (SSSR count). The predicted molar refractivity (Wildman–Crippen MR) is 115 cm³/mol. The summed E-state index contributed by atoms with van der Waals surface area (Å²) < 4.78 is 11.3. The minimum Gasteiger partial charge on any atom is -0.511 e. The summed E-state index contributed by atoms with van der Waals surface area (Å²) >= 11 is 6.15. The summed E-state index contributed by atoms with van der Waals surface area (Å²) in [6.45, 7) is 7.14. The molecule has 0 aromatic carbocycles. The first-order valence-electron chi connectivity index (χ1n) is 10.4. The van der Waals surface area contributed by atoms with Crippen LogP contribution in [-0.4, -0.2) is 36.0 Å². The lowest BCUT2D eigenvalue weighted by Crippen LogP contribution is -2.23. The second-order valence-corrected chi connectivity index (χ2v) is 8.37. The van der Waals surface area contributed by atoms with Gasteiger partial charge in [0.25, 0.3) is 0 Å². The molecule has 2 N–H and O–H groups in total. The second-order valence-electron chi connectivity index (χ2n) is 7.96. The van der Waals surface area contributed by atoms with Gasteiger partial charge < -0.3 is 24.5 Å². The van der Waals surface area contributed by atoms with E-state index in [1.54, 1.807) is 6.92 Å². The first-order valence-corrected chi connectivity index (χ1v) is 10.7. The number of ether oxygens (including phenoxy) is 2. The second kappa shape index (κ2) is 11.6. The normalized spacial score (nSPS) is 26.8. The van der Waals surface area contributed by atoms with Crippen molar-refractivity contribution in [1.82, 2.24) is 0 Å². The van der Waals surface area contributed by atoms with E-state index in [1.165, 1.54) is 5.57 Å². The van der Waals surface area contributed by atoms with Crippen LogP contribution in [0.4, 0.5) is 0 Å². The number of allylic oxidation sites excluding steroid dienone is 6. The highest BCUT2D eigenvalue weighted by atomic mass is 35.5. The summed E-state index contributed by atoms with van der Waals surface area (Å²) in [7, 11) is 0. The van der Waals surface area contributed by atoms with Gasteiger partial charge in [-0.15, -0.1) is 0 Å². The third-order valence-corrected chi connectivity index (χ3v) is 6.07. The lowest BCUT2D eigenvalue weighted by Gasteiger charge is -2.26. The molecule has 0 aromatic heterocycles. The van der Waals surface area contributed by atoms with Gasteiger partial charge in [-0.05, 0) is 52.4 Å². The first kappa shape index (κ1) is 23.7. The van der Waals surface area contributed by atoms with Gasteiger partial charge in [0, 0.05) is 18.1 Å². The number of carbonyl (C=O) groups excluding carboxylic acids is 1. The SMILES string of the molecule is C/C(=C\CC1=C(O)C(C=O)C(C)C(Cl)=C1O)CC/C=C(\C)COC1CCCCO1. The van der Waals surface area contributed by atoms with Crippen molar-refractivity contribution < 1.29 is 24.5 Å². The molecule has 1 fully saturated rings. The number of rotatable bonds is 9. The molecule has 0 saturated carbocycles. The highest BCUT2D eigenvalue weighted by Gasteiger charge is 2.33. The summed E-state index contributed by atoms with van der Waals surface area (Å²) in [6, 6.07) is 0. The minimum atomic E-state index is -0.708. The summed E-state index contributed by atoms with van der Waals surface area (Å²) in [5.41, 5.74) is 2.64. The van der Waals surface area contributed by atoms with Crippen LogP contribution in [0.15, 0.2) is 45.4 Å². The molecule has 0 bridgehead atoms. The molecule has 29 heavy (non-hydrogen) atoms. The van der Waals surface area contributed by atoms with E-state index in [4.69, 9.17) is 21.1 Å². The Morgan fingerprint density at radius 1 is 1.24 bits per heavy atom. The highest BCUT2D eigenvalue weighted by molar-refractivity contribution is 6.30. The van der Waals surface area contributed by atoms with Gasteiger partial charge in [-0.25, -0.2) is 0 Å². The third kappa shape index (κ3) is 6.73. The van der Waals surface area contributed by atoms with E-state index in [-0.39, 0.29) is 22.8 Å². The zero-order valence-electron chi connectivity index (χ0n) is 17.6. The fourth-order valence-corrected chi connectivity index (χ4v) is 3.76. The molecule has 0 spiro atoms. The van der Waals surface area contributed by atoms with Crippen LogP contribution in [0.1, 0.15) is 59.3 Å². The Bertz CT molecular complexity index is 698. The quantitative estimate of drug-likeness (QED) is 0.357. The van der Waals surface area contributed by atoms with Crippen molar-refractivity contribution in [2.75, 3.05) is 13.2 Å². The van der Waals surface area contributed by atoms with E-state index in [0.29, 0.717) is 24.9 Å². The molecule has 1 aliphatic carbocycles. The Morgan fingerprint density at radius 3 is 2.66 bits per heavy atom. The summed E-state index contributed by atoms with van der Waals surface area (Å²) in [5.74, 6) is -1.33. The molecule has 0 aromatic rings. The van der Waals surface area contributed by atoms with E-state index in [0.717, 1.165) is 44.3 Å². The maximum absolute atomic E-state index is 11.3. The van der Waals surface area contributed by atoms with E-state index < -0.39 is 11.8 Å². The van der Waals surface area contributed by atoms with Gasteiger partial charge in [-0.1, -0.05) is 41.8 Å². The number of carbonyl (C=O) groups is 1. The average molecular weight is 425 g/mol. The molecule has 1 aliphatic heterocycles. The Kier molecular flexibility index (Phi) is 9.47. The van der Waals surface area contributed by atoms with E-state index in [9.17, 15) is 15.0 Å². The van der Waals surface area contributed by atoms with Crippen LogP contribution in [0.25, 0.3) is 0 Å². The van der Waals surface area contributed by atoms with Crippen molar-refractivity contribution in [2.24, 2.45) is 11.8 Å². The smallest absolute Gasteiger partial charge is 0.158 e. The number of aliphatic hydroxyl groups is 2. The molecule has 3 unspecified atom stereocenters. The van der Waals surface area contributed by atoms with Gasteiger partial charge in [-0.2, -0.15) is 0 Å². The van der Waals surface area contributed by atoms with E-state index in [1.807, 2.05) is 13.0 Å². The maximum atomic E-state index is 11.3. The topological polar surface area (TPSA) is 76.0 Å². The Morgan fingerprint density at radius 2 is 2.00 bits per heavy atom. The summed E-state index contributed by atoms with van der Waals surface area (Å²) in [6.07, 6.45) is 10.0. The Hall–Kier alpha value is -1.56. The van der Waals surface area contributed by atoms with E-state index in [2.05, 4.69) is 13.0 Å². The van der Waals surface area contributed by atoms with Crippen LogP contribution in [0, 0.1) is 11.8 Å². The molecular weight excluding hydrogens is 392 g/mol. The fraction of sp³-hybridized carbons (Fsp3) is 0.609. The van der Waals surface area contributed by atoms with Gasteiger partial charge in [0.05, 0.1) is 17.6 Å². The molecule has 162 valence electrons. The van der Waals surface area contributed by atoms with Gasteiger partial charge in [0.15, 0.2) is 6.29 Å². The van der Waals surface area contributed by atoms with Crippen molar-refractivity contribution in [1.29, 1.82) is 0 Å². The molecule has 0 amide bonds. The van der Waals surface area contributed by atoms with Crippen molar-refractivity contribution in [3.05, 3.63) is 45.4 Å². The van der Waals surface area contributed by atoms with Crippen molar-refractivity contribution in [3.8, 4) is 0 Å². The molecule has 6 heteroatoms. The van der Waals surface area contributed by atoms with Gasteiger partial charge in [0.1, 0.15) is 17.8 Å². The zero-order chi connectivity index (χ0) is 21.4. The number of aliphatic hydroxyl groups excluding tert-OH is 2. The zero-order valence-corrected chi connectivity index (χ0v) is 18.4. The van der Waals surface area contributed by atoms with Crippen LogP contribution in [-0.2, 0) is 14.3 Å². The largest absolute Gasteiger partial charge is 0.511 e. The lowest BCUT2D eigenvalue weighted by atomic mass is 9.84. The van der Waals surface area contributed by atoms with Gasteiger partial charge in [0.2, 0.25) is 0 Å². The maximum Gasteiger partial charge on any atom is 0.158 e. The molecule has 2 aliphatic rings. The molecule has 1 saturated heterocycles. The average Bonchev–Trinajstić information content (AvgIpc) is 2.72. The van der Waals surface area contributed by atoms with Gasteiger partial charge in [-0.3, -0.25) is 0 Å². The highest BCUT2D eigenvalue weighted by Crippen LogP contribution is 2.39. The monoisotopic (exact) mass is 424 g/mol. The van der Waals surface area contributed by atoms with Crippen LogP contribution in [0.5, 0.6) is 0 Å². The number of hydrogen-bond acceptors (Lipinski definition) is 5. The lowest BCUT2D eigenvalue weighted by molar-refractivity contribution is -0.156. The van der Waals surface area contributed by atoms with Crippen LogP contribution in [0.2, 0.25) is 0 Å². The van der Waals surface area contributed by atoms with Crippen molar-refractivity contribution in [3.63, 3.8) is 0 Å². The Labute approximate surface area is 178 Å². The summed E-state index contributed by atoms with van der Waals surface area (Å²) in [4.78, 5) is 11.3.